The third-order valence-electron chi connectivity index (χ3n) is 5.22. The Morgan fingerprint density at radius 3 is 2.47 bits per heavy atom. The molecule has 0 radical (unpaired) electrons. The van der Waals surface area contributed by atoms with Crippen molar-refractivity contribution in [2.45, 2.75) is 31.6 Å². The first-order chi connectivity index (χ1) is 15.0. The van der Waals surface area contributed by atoms with Crippen molar-refractivity contribution >= 4 is 35.8 Å². The molecule has 1 fully saturated rings. The van der Waals surface area contributed by atoms with Gasteiger partial charge in [0.1, 0.15) is 5.82 Å². The minimum absolute atomic E-state index is 0. The molecule has 2 aromatic rings. The summed E-state index contributed by atoms with van der Waals surface area (Å²) in [6, 6.07) is 13.1. The van der Waals surface area contributed by atoms with Gasteiger partial charge in [-0.15, -0.1) is 24.0 Å². The summed E-state index contributed by atoms with van der Waals surface area (Å²) in [5, 5.41) is 9.31. The van der Waals surface area contributed by atoms with Gasteiger partial charge >= 0.3 is 6.18 Å². The minimum Gasteiger partial charge on any atom is -0.368 e. The minimum atomic E-state index is -4.43. The number of alkyl halides is 3. The molecule has 0 amide bonds. The van der Waals surface area contributed by atoms with E-state index in [1.165, 1.54) is 17.8 Å². The lowest BCUT2D eigenvalue weighted by molar-refractivity contribution is -0.137. The van der Waals surface area contributed by atoms with E-state index in [-0.39, 0.29) is 36.3 Å². The summed E-state index contributed by atoms with van der Waals surface area (Å²) in [4.78, 5) is 10.5. The number of anilines is 1. The van der Waals surface area contributed by atoms with Gasteiger partial charge in [-0.3, -0.25) is 9.89 Å². The molecule has 0 unspecified atom stereocenters. The lowest BCUT2D eigenvalue weighted by atomic mass is 10.0. The molecule has 1 saturated heterocycles. The second-order valence-electron chi connectivity index (χ2n) is 7.50. The van der Waals surface area contributed by atoms with Gasteiger partial charge in [0.15, 0.2) is 5.96 Å². The summed E-state index contributed by atoms with van der Waals surface area (Å²) in [7, 11) is 1.69. The van der Waals surface area contributed by atoms with Crippen LogP contribution in [0.15, 0.2) is 53.7 Å². The molecule has 32 heavy (non-hydrogen) atoms. The van der Waals surface area contributed by atoms with E-state index in [2.05, 4.69) is 55.1 Å². The maximum Gasteiger partial charge on any atom is 0.419 e. The van der Waals surface area contributed by atoms with Gasteiger partial charge < -0.3 is 16.0 Å². The Bertz CT molecular complexity index is 839. The summed E-state index contributed by atoms with van der Waals surface area (Å²) in [5.74, 6) is 0.492. The number of likely N-dealkylation sites (tertiary alicyclic amines) is 1. The van der Waals surface area contributed by atoms with Gasteiger partial charge in [-0.2, -0.15) is 13.2 Å². The number of nitrogens with zero attached hydrogens (tertiary/aromatic N) is 3. The highest BCUT2D eigenvalue weighted by atomic mass is 127. The van der Waals surface area contributed by atoms with Crippen molar-refractivity contribution in [2.75, 3.05) is 38.5 Å². The molecule has 1 aromatic heterocycles. The number of rotatable bonds is 7. The van der Waals surface area contributed by atoms with Crippen LogP contribution >= 0.6 is 24.0 Å². The molecule has 10 heteroatoms. The molecule has 3 N–H and O–H groups in total. The van der Waals surface area contributed by atoms with Gasteiger partial charge in [-0.1, -0.05) is 30.3 Å². The fourth-order valence-electron chi connectivity index (χ4n) is 3.60. The number of benzene rings is 1. The van der Waals surface area contributed by atoms with E-state index < -0.39 is 11.7 Å². The summed E-state index contributed by atoms with van der Waals surface area (Å²) in [5.41, 5.74) is 0.556. The predicted octanol–water partition coefficient (Wildman–Crippen LogP) is 3.96. The number of hydrogen-bond donors (Lipinski definition) is 3. The van der Waals surface area contributed by atoms with E-state index in [0.717, 1.165) is 38.5 Å². The topological polar surface area (TPSA) is 64.6 Å². The summed E-state index contributed by atoms with van der Waals surface area (Å²) in [6.45, 7) is 3.67. The number of pyridine rings is 1. The lowest BCUT2D eigenvalue weighted by Gasteiger charge is -2.33. The first-order valence-electron chi connectivity index (χ1n) is 10.5. The Hall–Kier alpha value is -2.08. The highest BCUT2D eigenvalue weighted by molar-refractivity contribution is 14.0. The normalized spacial score (nSPS) is 15.7. The Kier molecular flexibility index (Phi) is 10.5. The van der Waals surface area contributed by atoms with Crippen LogP contribution < -0.4 is 16.0 Å². The second kappa shape index (κ2) is 12.8. The Labute approximate surface area is 204 Å². The highest BCUT2D eigenvalue weighted by Crippen LogP contribution is 2.33. The number of hydrogen-bond acceptors (Lipinski definition) is 4. The fourth-order valence-corrected chi connectivity index (χ4v) is 3.60. The standard InChI is InChI=1S/C22H29F3N6.HI/c1-26-21(29-13-12-28-20-19(22(23,24)25)8-5-11-27-20)30-18-9-14-31(15-10-18)16-17-6-3-2-4-7-17;/h2-8,11,18H,9-10,12-16H2,1H3,(H,27,28)(H2,26,29,30);1H. The molecule has 6 nitrogen and oxygen atoms in total. The van der Waals surface area contributed by atoms with Crippen molar-refractivity contribution in [1.29, 1.82) is 0 Å². The monoisotopic (exact) mass is 562 g/mol. The zero-order valence-electron chi connectivity index (χ0n) is 18.0. The van der Waals surface area contributed by atoms with E-state index in [1.807, 2.05) is 6.07 Å². The van der Waals surface area contributed by atoms with Crippen molar-refractivity contribution in [1.82, 2.24) is 20.5 Å². The fraction of sp³-hybridized carbons (Fsp3) is 0.455. The Morgan fingerprint density at radius 2 is 1.81 bits per heavy atom. The number of aromatic nitrogens is 1. The van der Waals surface area contributed by atoms with E-state index in [1.54, 1.807) is 7.05 Å². The quantitative estimate of drug-likeness (QED) is 0.207. The number of piperidine rings is 1. The molecule has 0 aliphatic carbocycles. The number of aliphatic imine (C=N–C) groups is 1. The van der Waals surface area contributed by atoms with Crippen LogP contribution in [0.25, 0.3) is 0 Å². The van der Waals surface area contributed by atoms with Crippen LogP contribution in [0.3, 0.4) is 0 Å². The van der Waals surface area contributed by atoms with Crippen LogP contribution in [0.2, 0.25) is 0 Å². The smallest absolute Gasteiger partial charge is 0.368 e. The van der Waals surface area contributed by atoms with Crippen molar-refractivity contribution < 1.29 is 13.2 Å². The number of halogens is 4. The second-order valence-corrected chi connectivity index (χ2v) is 7.50. The third-order valence-corrected chi connectivity index (χ3v) is 5.22. The van der Waals surface area contributed by atoms with E-state index in [4.69, 9.17) is 0 Å². The lowest BCUT2D eigenvalue weighted by Crippen LogP contribution is -2.49. The molecule has 0 atom stereocenters. The third kappa shape index (κ3) is 8.12. The molecule has 1 aromatic carbocycles. The molecule has 1 aliphatic heterocycles. The predicted molar refractivity (Wildman–Crippen MR) is 132 cm³/mol. The maximum atomic E-state index is 13.0. The van der Waals surface area contributed by atoms with Gasteiger partial charge in [-0.25, -0.2) is 4.98 Å². The molecule has 176 valence electrons. The van der Waals surface area contributed by atoms with Gasteiger partial charge in [0.25, 0.3) is 0 Å². The van der Waals surface area contributed by atoms with Crippen molar-refractivity contribution in [2.24, 2.45) is 4.99 Å². The Balaban J connectivity index is 0.00000363. The molecular weight excluding hydrogens is 532 g/mol. The maximum absolute atomic E-state index is 13.0. The van der Waals surface area contributed by atoms with Crippen LogP contribution in [-0.4, -0.2) is 55.1 Å². The molecule has 0 spiro atoms. The first-order valence-corrected chi connectivity index (χ1v) is 10.5. The van der Waals surface area contributed by atoms with Gasteiger partial charge in [-0.05, 0) is 30.5 Å². The number of guanidine groups is 1. The molecule has 0 saturated carbocycles. The SMILES string of the molecule is CN=C(NCCNc1ncccc1C(F)(F)F)NC1CCN(Cc2ccccc2)CC1.I. The number of nitrogens with one attached hydrogen (secondary N) is 3. The van der Waals surface area contributed by atoms with Crippen LogP contribution in [0.1, 0.15) is 24.0 Å². The van der Waals surface area contributed by atoms with E-state index in [0.29, 0.717) is 18.5 Å². The van der Waals surface area contributed by atoms with Crippen LogP contribution in [-0.2, 0) is 12.7 Å². The molecule has 1 aliphatic rings. The van der Waals surface area contributed by atoms with Gasteiger partial charge in [0.2, 0.25) is 0 Å². The van der Waals surface area contributed by atoms with Crippen LogP contribution in [0.5, 0.6) is 0 Å². The van der Waals surface area contributed by atoms with E-state index in [9.17, 15) is 13.2 Å². The summed E-state index contributed by atoms with van der Waals surface area (Å²) < 4.78 is 39.1. The van der Waals surface area contributed by atoms with Gasteiger partial charge in [0, 0.05) is 52.0 Å². The van der Waals surface area contributed by atoms with Crippen molar-refractivity contribution in [3.8, 4) is 0 Å². The van der Waals surface area contributed by atoms with E-state index >= 15 is 0 Å². The first kappa shape index (κ1) is 26.2. The average molecular weight is 562 g/mol. The average Bonchev–Trinajstić information content (AvgIpc) is 2.77. The Morgan fingerprint density at radius 1 is 1.09 bits per heavy atom. The summed E-state index contributed by atoms with van der Waals surface area (Å²) >= 11 is 0. The molecule has 3 rings (SSSR count). The zero-order valence-corrected chi connectivity index (χ0v) is 20.4. The molecule has 0 bridgehead atoms. The van der Waals surface area contributed by atoms with Crippen LogP contribution in [0.4, 0.5) is 19.0 Å². The highest BCUT2D eigenvalue weighted by Gasteiger charge is 2.33. The largest absolute Gasteiger partial charge is 0.419 e. The zero-order chi connectivity index (χ0) is 22.1. The van der Waals surface area contributed by atoms with Crippen LogP contribution in [0, 0.1) is 0 Å². The molecular formula is C22H30F3IN6. The summed E-state index contributed by atoms with van der Waals surface area (Å²) in [6.07, 6.45) is -1.07. The van der Waals surface area contributed by atoms with Gasteiger partial charge in [0.05, 0.1) is 5.56 Å². The van der Waals surface area contributed by atoms with Crippen molar-refractivity contribution in [3.05, 3.63) is 59.8 Å². The molecule has 2 heterocycles. The van der Waals surface area contributed by atoms with Crippen molar-refractivity contribution in [3.63, 3.8) is 0 Å².